The lowest BCUT2D eigenvalue weighted by Crippen LogP contribution is -2.60. The molecule has 25 heavy (non-hydrogen) atoms. The quantitative estimate of drug-likeness (QED) is 0.484. The minimum atomic E-state index is -1.43. The zero-order valence-electron chi connectivity index (χ0n) is 14.7. The first kappa shape index (κ1) is 19.6. The molecule has 2 saturated heterocycles. The molecule has 2 heterocycles. The molecule has 2 rings (SSSR count). The Bertz CT molecular complexity index is 534. The van der Waals surface area contributed by atoms with E-state index in [9.17, 15) is 14.4 Å². The highest BCUT2D eigenvalue weighted by Crippen LogP contribution is 2.39. The van der Waals surface area contributed by atoms with Gasteiger partial charge in [-0.25, -0.2) is 0 Å². The molecule has 6 unspecified atom stereocenters. The second-order valence-corrected chi connectivity index (χ2v) is 5.76. The molecule has 0 saturated carbocycles. The van der Waals surface area contributed by atoms with E-state index in [2.05, 4.69) is 0 Å². The number of hydrogen-bond acceptors (Lipinski definition) is 10. The third-order valence-electron chi connectivity index (χ3n) is 3.70. The van der Waals surface area contributed by atoms with E-state index in [1.165, 1.54) is 34.8 Å². The maximum atomic E-state index is 11.5. The summed E-state index contributed by atoms with van der Waals surface area (Å²) < 4.78 is 37.6. The number of ether oxygens (including phenoxy) is 7. The van der Waals surface area contributed by atoms with Crippen LogP contribution in [-0.2, 0) is 47.5 Å². The lowest BCUT2D eigenvalue weighted by molar-refractivity contribution is -0.334. The molecule has 10 nitrogen and oxygen atoms in total. The Balaban J connectivity index is 2.29. The summed E-state index contributed by atoms with van der Waals surface area (Å²) in [5, 5.41) is 0. The van der Waals surface area contributed by atoms with Crippen LogP contribution in [0.1, 0.15) is 27.7 Å². The molecule has 0 aliphatic carbocycles. The van der Waals surface area contributed by atoms with Crippen molar-refractivity contribution in [1.82, 2.24) is 0 Å². The molecule has 2 aliphatic rings. The average molecular weight is 362 g/mol. The Morgan fingerprint density at radius 2 is 1.56 bits per heavy atom. The highest BCUT2D eigenvalue weighted by atomic mass is 16.9. The Morgan fingerprint density at radius 1 is 0.960 bits per heavy atom. The molecular formula is C15H22O10. The molecule has 2 aliphatic heterocycles. The number of esters is 3. The van der Waals surface area contributed by atoms with Gasteiger partial charge in [0.1, 0.15) is 12.7 Å². The summed E-state index contributed by atoms with van der Waals surface area (Å²) in [6.45, 7) is 4.93. The summed E-state index contributed by atoms with van der Waals surface area (Å²) in [5.41, 5.74) is 0. The third kappa shape index (κ3) is 4.66. The smallest absolute Gasteiger partial charge is 0.303 e. The normalized spacial score (nSPS) is 37.1. The molecule has 0 aromatic carbocycles. The Labute approximate surface area is 144 Å². The van der Waals surface area contributed by atoms with E-state index < -0.39 is 54.6 Å². The number of fused-ring (bicyclic) bond motifs is 1. The van der Waals surface area contributed by atoms with E-state index in [-0.39, 0.29) is 6.61 Å². The zero-order chi connectivity index (χ0) is 18.8. The van der Waals surface area contributed by atoms with Crippen molar-refractivity contribution in [2.45, 2.75) is 64.4 Å². The minimum Gasteiger partial charge on any atom is -0.463 e. The van der Waals surface area contributed by atoms with Crippen LogP contribution in [0.5, 0.6) is 0 Å². The van der Waals surface area contributed by atoms with Gasteiger partial charge in [-0.3, -0.25) is 19.1 Å². The van der Waals surface area contributed by atoms with Crippen molar-refractivity contribution in [3.05, 3.63) is 0 Å². The standard InChI is InChI=1S/C15H22O10/c1-7(16)20-6-10-11(21-8(2)17)12(22-9(3)18)13-14(23-10)25-15(4,19-5)24-13/h10-14H,6H2,1-5H3. The lowest BCUT2D eigenvalue weighted by atomic mass is 9.98. The van der Waals surface area contributed by atoms with E-state index in [1.807, 2.05) is 0 Å². The van der Waals surface area contributed by atoms with E-state index in [4.69, 9.17) is 33.2 Å². The molecule has 0 aromatic heterocycles. The predicted octanol–water partition coefficient (Wildman–Crippen LogP) is -0.127. The van der Waals surface area contributed by atoms with Crippen molar-refractivity contribution in [3.8, 4) is 0 Å². The third-order valence-corrected chi connectivity index (χ3v) is 3.70. The van der Waals surface area contributed by atoms with Crippen LogP contribution in [0.15, 0.2) is 0 Å². The summed E-state index contributed by atoms with van der Waals surface area (Å²) in [7, 11) is 1.37. The fourth-order valence-electron chi connectivity index (χ4n) is 2.67. The topological polar surface area (TPSA) is 116 Å². The summed E-state index contributed by atoms with van der Waals surface area (Å²) >= 11 is 0. The molecule has 2 fully saturated rings. The second-order valence-electron chi connectivity index (χ2n) is 5.76. The Hall–Kier alpha value is -1.75. The molecule has 10 heteroatoms. The van der Waals surface area contributed by atoms with E-state index >= 15 is 0 Å². The molecular weight excluding hydrogens is 340 g/mol. The van der Waals surface area contributed by atoms with Crippen molar-refractivity contribution >= 4 is 17.9 Å². The van der Waals surface area contributed by atoms with E-state index in [1.54, 1.807) is 0 Å². The van der Waals surface area contributed by atoms with Crippen molar-refractivity contribution < 1.29 is 47.5 Å². The Kier molecular flexibility index (Phi) is 5.99. The molecule has 0 amide bonds. The van der Waals surface area contributed by atoms with Crippen LogP contribution in [0, 0.1) is 0 Å². The Morgan fingerprint density at radius 3 is 2.08 bits per heavy atom. The summed E-state index contributed by atoms with van der Waals surface area (Å²) in [6.07, 6.45) is -4.86. The van der Waals surface area contributed by atoms with Crippen molar-refractivity contribution in [2.24, 2.45) is 0 Å². The van der Waals surface area contributed by atoms with Gasteiger partial charge < -0.3 is 28.4 Å². The van der Waals surface area contributed by atoms with Gasteiger partial charge in [-0.1, -0.05) is 0 Å². The number of rotatable bonds is 5. The monoisotopic (exact) mass is 362 g/mol. The van der Waals surface area contributed by atoms with Gasteiger partial charge in [0.2, 0.25) is 0 Å². The molecule has 0 radical (unpaired) electrons. The molecule has 0 N–H and O–H groups in total. The van der Waals surface area contributed by atoms with Crippen LogP contribution in [0.4, 0.5) is 0 Å². The first-order valence-corrected chi connectivity index (χ1v) is 7.69. The number of hydrogen-bond donors (Lipinski definition) is 0. The van der Waals surface area contributed by atoms with Crippen molar-refractivity contribution in [1.29, 1.82) is 0 Å². The van der Waals surface area contributed by atoms with Crippen molar-refractivity contribution in [2.75, 3.05) is 13.7 Å². The molecule has 0 bridgehead atoms. The maximum Gasteiger partial charge on any atom is 0.303 e. The van der Waals surface area contributed by atoms with Crippen LogP contribution in [0.2, 0.25) is 0 Å². The number of carbonyl (C=O) groups is 3. The van der Waals surface area contributed by atoms with Gasteiger partial charge in [0, 0.05) is 34.8 Å². The van der Waals surface area contributed by atoms with Gasteiger partial charge in [0.15, 0.2) is 24.6 Å². The minimum absolute atomic E-state index is 0.221. The van der Waals surface area contributed by atoms with Gasteiger partial charge >= 0.3 is 17.9 Å². The van der Waals surface area contributed by atoms with Crippen LogP contribution >= 0.6 is 0 Å². The van der Waals surface area contributed by atoms with Gasteiger partial charge in [0.25, 0.3) is 5.97 Å². The van der Waals surface area contributed by atoms with Gasteiger partial charge in [0.05, 0.1) is 0 Å². The molecule has 0 aromatic rings. The van der Waals surface area contributed by atoms with Gasteiger partial charge in [-0.15, -0.1) is 0 Å². The fraction of sp³-hybridized carbons (Fsp3) is 0.800. The average Bonchev–Trinajstić information content (AvgIpc) is 2.84. The maximum absolute atomic E-state index is 11.5. The van der Waals surface area contributed by atoms with Crippen LogP contribution in [0.3, 0.4) is 0 Å². The number of carbonyl (C=O) groups excluding carboxylic acids is 3. The highest BCUT2D eigenvalue weighted by molar-refractivity contribution is 5.67. The second kappa shape index (κ2) is 7.65. The van der Waals surface area contributed by atoms with Gasteiger partial charge in [-0.2, -0.15) is 0 Å². The lowest BCUT2D eigenvalue weighted by Gasteiger charge is -2.40. The SMILES string of the molecule is COC1(C)OC2OC(COC(C)=O)C(OC(C)=O)C(OC(C)=O)C2O1. The van der Waals surface area contributed by atoms with Crippen LogP contribution in [-0.4, -0.2) is 68.3 Å². The highest BCUT2D eigenvalue weighted by Gasteiger charge is 2.59. The largest absolute Gasteiger partial charge is 0.463 e. The first-order valence-electron chi connectivity index (χ1n) is 7.69. The van der Waals surface area contributed by atoms with Crippen molar-refractivity contribution in [3.63, 3.8) is 0 Å². The zero-order valence-corrected chi connectivity index (χ0v) is 14.7. The van der Waals surface area contributed by atoms with Gasteiger partial charge in [-0.05, 0) is 0 Å². The van der Waals surface area contributed by atoms with E-state index in [0.717, 1.165) is 0 Å². The molecule has 142 valence electrons. The summed E-state index contributed by atoms with van der Waals surface area (Å²) in [4.78, 5) is 34.1. The molecule has 6 atom stereocenters. The van der Waals surface area contributed by atoms with Crippen LogP contribution < -0.4 is 0 Å². The summed E-state index contributed by atoms with van der Waals surface area (Å²) in [6, 6.07) is 0. The fourth-order valence-corrected chi connectivity index (χ4v) is 2.67. The number of methoxy groups -OCH3 is 1. The first-order chi connectivity index (χ1) is 11.6. The summed E-state index contributed by atoms with van der Waals surface area (Å²) in [5.74, 6) is -3.19. The van der Waals surface area contributed by atoms with E-state index in [0.29, 0.717) is 0 Å². The predicted molar refractivity (Wildman–Crippen MR) is 77.8 cm³/mol. The van der Waals surface area contributed by atoms with Crippen LogP contribution in [0.25, 0.3) is 0 Å². The molecule has 0 spiro atoms.